The number of carbonyl (C=O) groups excluding carboxylic acids is 7. The van der Waals surface area contributed by atoms with E-state index in [0.717, 1.165) is 48.8 Å². The van der Waals surface area contributed by atoms with Gasteiger partial charge in [0.2, 0.25) is 35.3 Å². The predicted molar refractivity (Wildman–Crippen MR) is 221 cm³/mol. The molecule has 15 heteroatoms. The molecule has 1 unspecified atom stereocenters. The summed E-state index contributed by atoms with van der Waals surface area (Å²) in [5.41, 5.74) is 2.98. The van der Waals surface area contributed by atoms with E-state index < -0.39 is 60.3 Å². The minimum atomic E-state index is -1.23. The number of Topliss-reactive ketones (excluding diaryl/α,β-unsaturated/α-hetero) is 1. The topological polar surface area (TPSA) is 193 Å². The summed E-state index contributed by atoms with van der Waals surface area (Å²) in [7, 11) is 3.23. The minimum Gasteiger partial charge on any atom is -0.493 e. The lowest BCUT2D eigenvalue weighted by molar-refractivity contribution is -0.144. The predicted octanol–water partition coefficient (Wildman–Crippen LogP) is 2.02. The first-order valence-corrected chi connectivity index (χ1v) is 21.5. The number of rotatable bonds is 12. The van der Waals surface area contributed by atoms with Crippen LogP contribution in [0.3, 0.4) is 0 Å². The minimum absolute atomic E-state index is 0.0536. The van der Waals surface area contributed by atoms with Gasteiger partial charge in [-0.15, -0.1) is 0 Å². The zero-order valence-corrected chi connectivity index (χ0v) is 35.0. The van der Waals surface area contributed by atoms with Crippen molar-refractivity contribution in [3.05, 3.63) is 65.2 Å². The van der Waals surface area contributed by atoms with Gasteiger partial charge in [-0.3, -0.25) is 33.6 Å². The number of likely N-dealkylation sites (N-methyl/N-ethyl adjacent to an activating group) is 1. The molecule has 15 nitrogen and oxygen atoms in total. The lowest BCUT2D eigenvalue weighted by Crippen LogP contribution is -2.58. The van der Waals surface area contributed by atoms with E-state index in [9.17, 15) is 33.6 Å². The van der Waals surface area contributed by atoms with Crippen LogP contribution in [0.4, 0.5) is 0 Å². The zero-order valence-electron chi connectivity index (χ0n) is 35.0. The molecule has 2 aliphatic carbocycles. The molecule has 0 spiro atoms. The second-order valence-electron chi connectivity index (χ2n) is 16.8. The Morgan fingerprint density at radius 2 is 1.65 bits per heavy atom. The summed E-state index contributed by atoms with van der Waals surface area (Å²) in [5, 5.41) is 10.9. The molecule has 6 rings (SSSR count). The molecular formula is C45H60N6O9. The molecule has 324 valence electrons. The van der Waals surface area contributed by atoms with Crippen molar-refractivity contribution >= 4 is 41.2 Å². The number of hydrogen-bond acceptors (Lipinski definition) is 9. The zero-order chi connectivity index (χ0) is 42.8. The molecule has 2 aromatic carbocycles. The Labute approximate surface area is 352 Å². The average Bonchev–Trinajstić information content (AvgIpc) is 3.88. The van der Waals surface area contributed by atoms with E-state index in [1.807, 2.05) is 55.5 Å². The van der Waals surface area contributed by atoms with E-state index >= 15 is 0 Å². The molecule has 2 fully saturated rings. The second-order valence-corrected chi connectivity index (χ2v) is 16.8. The summed E-state index contributed by atoms with van der Waals surface area (Å²) in [6, 6.07) is 11.3. The van der Waals surface area contributed by atoms with Crippen LogP contribution in [0.15, 0.2) is 48.5 Å². The Morgan fingerprint density at radius 3 is 2.35 bits per heavy atom. The summed E-state index contributed by atoms with van der Waals surface area (Å²) in [4.78, 5) is 98.5. The summed E-state index contributed by atoms with van der Waals surface area (Å²) in [6.07, 6.45) is 6.48. The molecule has 4 aliphatic rings. The van der Waals surface area contributed by atoms with Crippen LogP contribution in [-0.2, 0) is 57.6 Å². The first-order valence-electron chi connectivity index (χ1n) is 21.5. The summed E-state index contributed by atoms with van der Waals surface area (Å²) >= 11 is 0. The number of ketones is 1. The van der Waals surface area contributed by atoms with Gasteiger partial charge in [-0.05, 0) is 72.8 Å². The highest BCUT2D eigenvalue weighted by Crippen LogP contribution is 2.31. The van der Waals surface area contributed by atoms with Gasteiger partial charge in [-0.1, -0.05) is 69.0 Å². The second kappa shape index (κ2) is 20.8. The maximum Gasteiger partial charge on any atom is 0.290 e. The molecule has 2 aromatic rings. The van der Waals surface area contributed by atoms with Crippen LogP contribution >= 0.6 is 0 Å². The van der Waals surface area contributed by atoms with Gasteiger partial charge in [-0.2, -0.15) is 0 Å². The number of ether oxygens (including phenoxy) is 2. The van der Waals surface area contributed by atoms with Crippen LogP contribution < -0.4 is 26.0 Å². The van der Waals surface area contributed by atoms with Crippen LogP contribution in [-0.4, -0.2) is 122 Å². The Balaban J connectivity index is 1.12. The maximum atomic E-state index is 14.6. The van der Waals surface area contributed by atoms with Crippen LogP contribution in [0.2, 0.25) is 0 Å². The first kappa shape index (κ1) is 44.2. The number of nitrogens with zero attached hydrogens (tertiary/aromatic N) is 2. The van der Waals surface area contributed by atoms with Crippen LogP contribution in [0.1, 0.15) is 81.4 Å². The molecule has 0 aromatic heterocycles. The molecule has 0 radical (unpaired) electrons. The van der Waals surface area contributed by atoms with E-state index in [-0.39, 0.29) is 55.4 Å². The fraction of sp³-hybridized carbons (Fsp3) is 0.578. The van der Waals surface area contributed by atoms with Gasteiger partial charge >= 0.3 is 0 Å². The van der Waals surface area contributed by atoms with Gasteiger partial charge in [0.25, 0.3) is 5.91 Å². The van der Waals surface area contributed by atoms with Gasteiger partial charge in [0.05, 0.1) is 38.3 Å². The Hall–Kier alpha value is -5.31. The Morgan fingerprint density at radius 1 is 0.917 bits per heavy atom. The molecule has 2 heterocycles. The molecule has 1 saturated carbocycles. The van der Waals surface area contributed by atoms with E-state index in [4.69, 9.17) is 9.47 Å². The molecule has 60 heavy (non-hydrogen) atoms. The largest absolute Gasteiger partial charge is 0.493 e. The van der Waals surface area contributed by atoms with E-state index in [2.05, 4.69) is 21.3 Å². The smallest absolute Gasteiger partial charge is 0.290 e. The highest BCUT2D eigenvalue weighted by Gasteiger charge is 2.45. The molecule has 2 aliphatic heterocycles. The van der Waals surface area contributed by atoms with Crippen molar-refractivity contribution in [1.82, 2.24) is 31.1 Å². The summed E-state index contributed by atoms with van der Waals surface area (Å²) < 4.78 is 12.1. The number of hydrogen-bond donors (Lipinski definition) is 4. The number of amides is 6. The third-order valence-corrected chi connectivity index (χ3v) is 12.1. The van der Waals surface area contributed by atoms with Crippen molar-refractivity contribution in [2.45, 2.75) is 114 Å². The molecule has 4 N–H and O–H groups in total. The molecule has 6 amide bonds. The SMILES string of the molecule is CCC[C@H](NC(=O)C1C[C@@H]2CN1C(=O)[C@H](C1CCCCC1)NC(=O)Cc1cccc(c1)OCCCO2)C(=O)C(=O)NCC(=O)N[C@H](C(=O)N(C)C)C1Cc2ccccc2C1. The Kier molecular flexibility index (Phi) is 15.3. The summed E-state index contributed by atoms with van der Waals surface area (Å²) in [5.74, 6) is -3.85. The third kappa shape index (κ3) is 11.3. The van der Waals surface area contributed by atoms with Gasteiger partial charge in [0.1, 0.15) is 23.9 Å². The average molecular weight is 829 g/mol. The van der Waals surface area contributed by atoms with E-state index in [1.165, 1.54) is 9.80 Å². The molecule has 4 bridgehead atoms. The fourth-order valence-electron chi connectivity index (χ4n) is 9.04. The van der Waals surface area contributed by atoms with Gasteiger partial charge in [0, 0.05) is 33.5 Å². The molecular weight excluding hydrogens is 769 g/mol. The van der Waals surface area contributed by atoms with Crippen LogP contribution in [0.5, 0.6) is 5.75 Å². The normalized spacial score (nSPS) is 22.4. The van der Waals surface area contributed by atoms with Crippen molar-refractivity contribution in [3.8, 4) is 5.75 Å². The quantitative estimate of drug-likeness (QED) is 0.232. The van der Waals surface area contributed by atoms with Crippen LogP contribution in [0, 0.1) is 11.8 Å². The van der Waals surface area contributed by atoms with Crippen molar-refractivity contribution in [2.75, 3.05) is 40.4 Å². The van der Waals surface area contributed by atoms with Gasteiger partial charge in [-0.25, -0.2) is 0 Å². The molecule has 1 saturated heterocycles. The van der Waals surface area contributed by atoms with Gasteiger partial charge in [0.15, 0.2) is 0 Å². The number of carbonyl (C=O) groups is 7. The highest BCUT2D eigenvalue weighted by atomic mass is 16.5. The van der Waals surface area contributed by atoms with Crippen LogP contribution in [0.25, 0.3) is 0 Å². The Bertz CT molecular complexity index is 1870. The number of benzene rings is 2. The van der Waals surface area contributed by atoms with Gasteiger partial charge < -0.3 is 40.5 Å². The highest BCUT2D eigenvalue weighted by molar-refractivity contribution is 6.38. The van der Waals surface area contributed by atoms with Crippen molar-refractivity contribution in [2.24, 2.45) is 11.8 Å². The van der Waals surface area contributed by atoms with Crippen molar-refractivity contribution in [1.29, 1.82) is 0 Å². The lowest BCUT2D eigenvalue weighted by Gasteiger charge is -2.35. The third-order valence-electron chi connectivity index (χ3n) is 12.1. The monoisotopic (exact) mass is 828 g/mol. The fourth-order valence-corrected chi connectivity index (χ4v) is 9.04. The van der Waals surface area contributed by atoms with E-state index in [0.29, 0.717) is 44.6 Å². The molecule has 5 atom stereocenters. The number of fused-ring (bicyclic) bond motifs is 5. The lowest BCUT2D eigenvalue weighted by atomic mass is 9.83. The van der Waals surface area contributed by atoms with Crippen molar-refractivity contribution in [3.63, 3.8) is 0 Å². The maximum absolute atomic E-state index is 14.6. The van der Waals surface area contributed by atoms with Crippen molar-refractivity contribution < 1.29 is 43.0 Å². The summed E-state index contributed by atoms with van der Waals surface area (Å²) in [6.45, 7) is 2.06. The number of nitrogens with one attached hydrogen (secondary N) is 4. The van der Waals surface area contributed by atoms with E-state index in [1.54, 1.807) is 14.1 Å². The standard InChI is InChI=1S/C45H60N6O9/c1-4-12-35(41(54)43(56)46-26-38(53)49-40(44(57)50(2)3)32-23-30-16-8-9-17-31(30)24-32)47-42(55)36-25-34-27-51(36)45(58)39(29-14-6-5-7-15-29)48-37(52)22-28-13-10-18-33(21-28)59-19-11-20-60-34/h8-10,13,16-18,21,29,32,34-36,39-40H,4-7,11-12,14-15,19-20,22-27H2,1-3H3,(H,46,56)(H,47,55)(H,48,52)(H,49,53)/t34-,35+,36?,39+,40+/m1/s1. The first-order chi connectivity index (χ1) is 28.9.